The molecule has 0 saturated carbocycles. The van der Waals surface area contributed by atoms with Crippen molar-refractivity contribution in [3.63, 3.8) is 0 Å². The largest absolute Gasteiger partial charge is 0.355 e. The van der Waals surface area contributed by atoms with Crippen LogP contribution in [0, 0.1) is 10.9 Å². The lowest BCUT2D eigenvalue weighted by Crippen LogP contribution is -2.27. The topological polar surface area (TPSA) is 44.9 Å². The summed E-state index contributed by atoms with van der Waals surface area (Å²) < 4.78 is 0.730. The van der Waals surface area contributed by atoms with Crippen molar-refractivity contribution >= 4 is 40.8 Å². The van der Waals surface area contributed by atoms with Gasteiger partial charge in [0.25, 0.3) is 0 Å². The van der Waals surface area contributed by atoms with Crippen LogP contribution in [0.5, 0.6) is 0 Å². The van der Waals surface area contributed by atoms with Gasteiger partial charge in [-0.15, -0.1) is 22.7 Å². The molecule has 6 heteroatoms. The van der Waals surface area contributed by atoms with E-state index in [0.717, 1.165) is 20.9 Å². The molecule has 2 heterocycles. The van der Waals surface area contributed by atoms with Crippen molar-refractivity contribution in [3.05, 3.63) is 36.9 Å². The molecule has 0 fully saturated rings. The highest BCUT2D eigenvalue weighted by Crippen LogP contribution is 2.15. The number of H-pyrrole nitrogens is 1. The monoisotopic (exact) mass is 298 g/mol. The Labute approximate surface area is 119 Å². The number of carbonyl (C=O) groups excluding carboxylic acids is 1. The van der Waals surface area contributed by atoms with Crippen molar-refractivity contribution in [2.24, 2.45) is 0 Å². The standard InChI is InChI=1S/C12H14N2OS3/c1-8-10(18-12(16)14-8)7-11(15)13-5-4-9-3-2-6-17-9/h2-3,6H,4-5,7H2,1H3,(H,13,15)(H,14,16). The van der Waals surface area contributed by atoms with E-state index in [1.165, 1.54) is 16.2 Å². The Morgan fingerprint density at radius 3 is 3.00 bits per heavy atom. The van der Waals surface area contributed by atoms with Crippen LogP contribution in [0.1, 0.15) is 15.4 Å². The lowest BCUT2D eigenvalue weighted by atomic mass is 10.3. The number of carbonyl (C=O) groups is 1. The molecule has 2 N–H and O–H groups in total. The zero-order valence-corrected chi connectivity index (χ0v) is 12.4. The van der Waals surface area contributed by atoms with Gasteiger partial charge in [0.1, 0.15) is 0 Å². The van der Waals surface area contributed by atoms with Crippen molar-refractivity contribution < 1.29 is 4.79 Å². The van der Waals surface area contributed by atoms with Gasteiger partial charge in [-0.25, -0.2) is 0 Å². The quantitative estimate of drug-likeness (QED) is 0.833. The number of nitrogens with one attached hydrogen (secondary N) is 2. The van der Waals surface area contributed by atoms with Crippen LogP contribution in [-0.2, 0) is 17.6 Å². The molecule has 0 aromatic carbocycles. The number of aromatic nitrogens is 1. The lowest BCUT2D eigenvalue weighted by Gasteiger charge is -2.03. The van der Waals surface area contributed by atoms with Gasteiger partial charge in [-0.1, -0.05) is 6.07 Å². The Morgan fingerprint density at radius 2 is 2.39 bits per heavy atom. The fourth-order valence-corrected chi connectivity index (χ4v) is 3.59. The van der Waals surface area contributed by atoms with E-state index in [0.29, 0.717) is 13.0 Å². The van der Waals surface area contributed by atoms with Crippen molar-refractivity contribution in [2.75, 3.05) is 6.54 Å². The minimum Gasteiger partial charge on any atom is -0.355 e. The summed E-state index contributed by atoms with van der Waals surface area (Å²) in [4.78, 5) is 17.1. The molecule has 1 amide bonds. The average Bonchev–Trinajstić information content (AvgIpc) is 2.90. The van der Waals surface area contributed by atoms with Crippen molar-refractivity contribution in [1.82, 2.24) is 10.3 Å². The number of hydrogen-bond acceptors (Lipinski definition) is 4. The summed E-state index contributed by atoms with van der Waals surface area (Å²) >= 11 is 8.24. The van der Waals surface area contributed by atoms with E-state index in [-0.39, 0.29) is 5.91 Å². The van der Waals surface area contributed by atoms with E-state index in [1.54, 1.807) is 11.3 Å². The lowest BCUT2D eigenvalue weighted by molar-refractivity contribution is -0.120. The normalized spacial score (nSPS) is 10.5. The van der Waals surface area contributed by atoms with Gasteiger partial charge in [0.15, 0.2) is 3.95 Å². The smallest absolute Gasteiger partial charge is 0.225 e. The van der Waals surface area contributed by atoms with Gasteiger partial charge in [-0.2, -0.15) is 0 Å². The van der Waals surface area contributed by atoms with Crippen molar-refractivity contribution in [3.8, 4) is 0 Å². The molecule has 0 aliphatic heterocycles. The molecular formula is C12H14N2OS3. The molecule has 0 atom stereocenters. The molecule has 18 heavy (non-hydrogen) atoms. The zero-order valence-electron chi connectivity index (χ0n) is 9.99. The average molecular weight is 298 g/mol. The number of thiophene rings is 1. The van der Waals surface area contributed by atoms with Gasteiger partial charge in [-0.3, -0.25) is 4.79 Å². The number of aryl methyl sites for hydroxylation is 1. The third-order valence-electron chi connectivity index (χ3n) is 2.52. The van der Waals surface area contributed by atoms with E-state index in [1.807, 2.05) is 18.4 Å². The fourth-order valence-electron chi connectivity index (χ4n) is 1.59. The van der Waals surface area contributed by atoms with Crippen LogP contribution in [0.15, 0.2) is 17.5 Å². The first-order chi connectivity index (χ1) is 8.65. The zero-order chi connectivity index (χ0) is 13.0. The maximum Gasteiger partial charge on any atom is 0.225 e. The minimum atomic E-state index is 0.0555. The third kappa shape index (κ3) is 3.76. The summed E-state index contributed by atoms with van der Waals surface area (Å²) in [6.45, 7) is 2.63. The van der Waals surface area contributed by atoms with Crippen LogP contribution in [-0.4, -0.2) is 17.4 Å². The van der Waals surface area contributed by atoms with Gasteiger partial charge >= 0.3 is 0 Å². The third-order valence-corrected chi connectivity index (χ3v) is 4.79. The molecule has 2 aromatic heterocycles. The predicted molar refractivity (Wildman–Crippen MR) is 79.0 cm³/mol. The summed E-state index contributed by atoms with van der Waals surface area (Å²) in [5, 5.41) is 4.98. The summed E-state index contributed by atoms with van der Waals surface area (Å²) in [6.07, 6.45) is 1.30. The number of amides is 1. The number of rotatable bonds is 5. The second-order valence-electron chi connectivity index (χ2n) is 3.92. The molecule has 0 saturated heterocycles. The van der Waals surface area contributed by atoms with Gasteiger partial charge in [0.05, 0.1) is 6.42 Å². The number of thiazole rings is 1. The second-order valence-corrected chi connectivity index (χ2v) is 6.72. The molecule has 0 aliphatic carbocycles. The SMILES string of the molecule is Cc1[nH]c(=S)sc1CC(=O)NCCc1cccs1. The van der Waals surface area contributed by atoms with Gasteiger partial charge < -0.3 is 10.3 Å². The van der Waals surface area contributed by atoms with Crippen LogP contribution in [0.25, 0.3) is 0 Å². The summed E-state index contributed by atoms with van der Waals surface area (Å²) in [5.41, 5.74) is 0.999. The van der Waals surface area contributed by atoms with Gasteiger partial charge in [0.2, 0.25) is 5.91 Å². The highest BCUT2D eigenvalue weighted by molar-refractivity contribution is 7.73. The Balaban J connectivity index is 1.79. The molecule has 0 unspecified atom stereocenters. The van der Waals surface area contributed by atoms with Crippen LogP contribution in [0.3, 0.4) is 0 Å². The first-order valence-corrected chi connectivity index (χ1v) is 7.73. The fraction of sp³-hybridized carbons (Fsp3) is 0.333. The van der Waals surface area contributed by atoms with Crippen LogP contribution < -0.4 is 5.32 Å². The van der Waals surface area contributed by atoms with Crippen LogP contribution in [0.2, 0.25) is 0 Å². The van der Waals surface area contributed by atoms with E-state index in [2.05, 4.69) is 16.4 Å². The molecule has 2 aromatic rings. The summed E-state index contributed by atoms with van der Waals surface area (Å²) in [5.74, 6) is 0.0555. The maximum atomic E-state index is 11.8. The highest BCUT2D eigenvalue weighted by Gasteiger charge is 2.08. The molecule has 3 nitrogen and oxygen atoms in total. The van der Waals surface area contributed by atoms with E-state index in [4.69, 9.17) is 12.2 Å². The molecular weight excluding hydrogens is 284 g/mol. The second kappa shape index (κ2) is 6.26. The van der Waals surface area contributed by atoms with Gasteiger partial charge in [0, 0.05) is 22.0 Å². The summed E-state index contributed by atoms with van der Waals surface area (Å²) in [7, 11) is 0. The predicted octanol–water partition coefficient (Wildman–Crippen LogP) is 3.08. The summed E-state index contributed by atoms with van der Waals surface area (Å²) in [6, 6.07) is 4.11. The van der Waals surface area contributed by atoms with Crippen LogP contribution in [0.4, 0.5) is 0 Å². The Bertz CT molecular complexity index is 568. The molecule has 0 bridgehead atoms. The number of aromatic amines is 1. The highest BCUT2D eigenvalue weighted by atomic mass is 32.1. The molecule has 96 valence electrons. The molecule has 0 radical (unpaired) electrons. The Kier molecular flexibility index (Phi) is 4.68. The first kappa shape index (κ1) is 13.5. The maximum absolute atomic E-state index is 11.8. The first-order valence-electron chi connectivity index (χ1n) is 5.63. The molecule has 2 rings (SSSR count). The van der Waals surface area contributed by atoms with Crippen LogP contribution >= 0.6 is 34.9 Å². The van der Waals surface area contributed by atoms with E-state index >= 15 is 0 Å². The Hall–Kier alpha value is -0.980. The van der Waals surface area contributed by atoms with E-state index in [9.17, 15) is 4.79 Å². The molecule has 0 spiro atoms. The molecule has 0 aliphatic rings. The Morgan fingerprint density at radius 1 is 1.56 bits per heavy atom. The minimum absolute atomic E-state index is 0.0555. The number of hydrogen-bond donors (Lipinski definition) is 2. The van der Waals surface area contributed by atoms with Gasteiger partial charge in [-0.05, 0) is 37.0 Å². The van der Waals surface area contributed by atoms with Crippen molar-refractivity contribution in [1.29, 1.82) is 0 Å². The van der Waals surface area contributed by atoms with E-state index < -0.39 is 0 Å². The van der Waals surface area contributed by atoms with Crippen molar-refractivity contribution in [2.45, 2.75) is 19.8 Å².